The molecule has 1 aromatic rings. The molecule has 2 rings (SSSR count). The Morgan fingerprint density at radius 3 is 2.73 bits per heavy atom. The number of carbonyl (C=O) groups excluding carboxylic acids is 2. The third kappa shape index (κ3) is 4.54. The first-order valence-electron chi connectivity index (χ1n) is 7.48. The van der Waals surface area contributed by atoms with Crippen molar-refractivity contribution in [2.24, 2.45) is 0 Å². The van der Waals surface area contributed by atoms with Crippen molar-refractivity contribution < 1.29 is 22.8 Å². The molecule has 1 aromatic heterocycles. The number of hydrogen-bond acceptors (Lipinski definition) is 4. The first-order chi connectivity index (χ1) is 12.1. The van der Waals surface area contributed by atoms with Crippen LogP contribution in [0.25, 0.3) is 0 Å². The van der Waals surface area contributed by atoms with Crippen molar-refractivity contribution in [3.05, 3.63) is 56.6 Å². The topological polar surface area (TPSA) is 82.3 Å². The second kappa shape index (κ2) is 7.77. The fourth-order valence-corrected chi connectivity index (χ4v) is 2.64. The van der Waals surface area contributed by atoms with Crippen LogP contribution in [0.1, 0.15) is 22.8 Å². The number of alkyl halides is 3. The fourth-order valence-electron chi connectivity index (χ4n) is 2.52. The molecule has 1 aliphatic rings. The number of aromatic amines is 1. The quantitative estimate of drug-likeness (QED) is 0.443. The van der Waals surface area contributed by atoms with Gasteiger partial charge in [-0.05, 0) is 24.6 Å². The predicted octanol–water partition coefficient (Wildman–Crippen LogP) is 2.08. The van der Waals surface area contributed by atoms with Crippen LogP contribution >= 0.6 is 11.6 Å². The van der Waals surface area contributed by atoms with Crippen LogP contribution in [0.4, 0.5) is 13.2 Å². The van der Waals surface area contributed by atoms with Gasteiger partial charge >= 0.3 is 6.18 Å². The first-order valence-corrected chi connectivity index (χ1v) is 7.86. The molecule has 1 aliphatic heterocycles. The first kappa shape index (κ1) is 19.8. The molecule has 0 radical (unpaired) electrons. The molecule has 0 saturated carbocycles. The van der Waals surface area contributed by atoms with Gasteiger partial charge in [-0.3, -0.25) is 14.4 Å². The van der Waals surface area contributed by atoms with Gasteiger partial charge in [0, 0.05) is 18.0 Å². The van der Waals surface area contributed by atoms with E-state index in [-0.39, 0.29) is 28.3 Å². The zero-order valence-electron chi connectivity index (χ0n) is 13.6. The second-order valence-electron chi connectivity index (χ2n) is 5.60. The van der Waals surface area contributed by atoms with Crippen molar-refractivity contribution in [1.29, 1.82) is 0 Å². The molecule has 26 heavy (non-hydrogen) atoms. The number of aromatic nitrogens is 1. The number of fused-ring (bicyclic) bond motifs is 1. The normalized spacial score (nSPS) is 16.5. The molecule has 0 bridgehead atoms. The molecular formula is C16H15ClF3N3O3. The van der Waals surface area contributed by atoms with E-state index in [4.69, 9.17) is 11.6 Å². The van der Waals surface area contributed by atoms with Gasteiger partial charge in [0.15, 0.2) is 6.29 Å². The van der Waals surface area contributed by atoms with Gasteiger partial charge in [0.1, 0.15) is 6.54 Å². The number of nitrogens with one attached hydrogen (secondary N) is 2. The summed E-state index contributed by atoms with van der Waals surface area (Å²) in [6, 6.07) is 0.731. The number of carbonyl (C=O) groups is 2. The molecule has 0 spiro atoms. The largest absolute Gasteiger partial charge is 0.405 e. The van der Waals surface area contributed by atoms with Crippen LogP contribution < -0.4 is 10.9 Å². The number of H-pyrrole nitrogens is 1. The van der Waals surface area contributed by atoms with Crippen LogP contribution in [-0.2, 0) is 11.3 Å². The smallest absolute Gasteiger partial charge is 0.382 e. The average molecular weight is 390 g/mol. The molecule has 1 atom stereocenters. The monoisotopic (exact) mass is 389 g/mol. The van der Waals surface area contributed by atoms with Crippen LogP contribution in [0.5, 0.6) is 0 Å². The van der Waals surface area contributed by atoms with Gasteiger partial charge in [0.05, 0.1) is 23.2 Å². The molecule has 6 nitrogen and oxygen atoms in total. The van der Waals surface area contributed by atoms with Crippen LogP contribution in [-0.4, -0.2) is 40.8 Å². The van der Waals surface area contributed by atoms with Crippen molar-refractivity contribution >= 4 is 23.8 Å². The van der Waals surface area contributed by atoms with Gasteiger partial charge in [-0.2, -0.15) is 13.2 Å². The number of allylic oxidation sites excluding steroid dienone is 1. The van der Waals surface area contributed by atoms with Gasteiger partial charge in [0.25, 0.3) is 11.5 Å². The summed E-state index contributed by atoms with van der Waals surface area (Å²) in [6.07, 6.45) is -0.543. The Bertz CT molecular complexity index is 830. The summed E-state index contributed by atoms with van der Waals surface area (Å²) in [4.78, 5) is 38.9. The highest BCUT2D eigenvalue weighted by Gasteiger charge is 2.33. The number of pyridine rings is 1. The maximum atomic E-state index is 12.5. The average Bonchev–Trinajstić information content (AvgIpc) is 2.90. The molecule has 2 heterocycles. The molecule has 140 valence electrons. The lowest BCUT2D eigenvalue weighted by Crippen LogP contribution is -2.35. The van der Waals surface area contributed by atoms with E-state index in [1.807, 2.05) is 0 Å². The van der Waals surface area contributed by atoms with Gasteiger partial charge in [-0.25, -0.2) is 0 Å². The van der Waals surface area contributed by atoms with E-state index < -0.39 is 30.2 Å². The summed E-state index contributed by atoms with van der Waals surface area (Å²) < 4.78 is 37.0. The van der Waals surface area contributed by atoms with Gasteiger partial charge < -0.3 is 15.2 Å². The van der Waals surface area contributed by atoms with Crippen molar-refractivity contribution in [3.63, 3.8) is 0 Å². The Balaban J connectivity index is 2.29. The van der Waals surface area contributed by atoms with Crippen molar-refractivity contribution in [2.75, 3.05) is 6.54 Å². The minimum Gasteiger partial charge on any atom is -0.382 e. The second-order valence-corrected chi connectivity index (χ2v) is 6.03. The van der Waals surface area contributed by atoms with Crippen LogP contribution in [0.2, 0.25) is 0 Å². The highest BCUT2D eigenvalue weighted by Crippen LogP contribution is 2.25. The Morgan fingerprint density at radius 2 is 2.15 bits per heavy atom. The highest BCUT2D eigenvalue weighted by atomic mass is 35.5. The van der Waals surface area contributed by atoms with Gasteiger partial charge in [-0.1, -0.05) is 11.6 Å². The summed E-state index contributed by atoms with van der Waals surface area (Å²) in [5.74, 6) is -0.434. The summed E-state index contributed by atoms with van der Waals surface area (Å²) >= 11 is 5.67. The molecule has 0 aliphatic carbocycles. The number of rotatable bonds is 6. The Hall–Kier alpha value is -2.55. The fraction of sp³-hybridized carbons (Fsp3) is 0.312. The van der Waals surface area contributed by atoms with E-state index in [1.54, 1.807) is 6.92 Å². The lowest BCUT2D eigenvalue weighted by molar-refractivity contribution is -0.122. The molecular weight excluding hydrogens is 375 g/mol. The highest BCUT2D eigenvalue weighted by molar-refractivity contribution is 6.38. The molecule has 1 unspecified atom stereocenters. The molecule has 2 N–H and O–H groups in total. The maximum Gasteiger partial charge on any atom is 0.405 e. The predicted molar refractivity (Wildman–Crippen MR) is 88.5 cm³/mol. The molecule has 1 amide bonds. The summed E-state index contributed by atoms with van der Waals surface area (Å²) in [7, 11) is 0. The maximum absolute atomic E-state index is 12.5. The lowest BCUT2D eigenvalue weighted by atomic mass is 10.1. The van der Waals surface area contributed by atoms with Crippen molar-refractivity contribution in [3.8, 4) is 0 Å². The molecule has 0 aromatic carbocycles. The molecule has 10 heteroatoms. The molecule has 0 fully saturated rings. The van der Waals surface area contributed by atoms with E-state index >= 15 is 0 Å². The zero-order chi connectivity index (χ0) is 19.5. The zero-order valence-corrected chi connectivity index (χ0v) is 14.3. The number of aldehydes is 1. The Morgan fingerprint density at radius 1 is 1.46 bits per heavy atom. The Kier molecular flexibility index (Phi) is 5.91. The lowest BCUT2D eigenvalue weighted by Gasteiger charge is -2.25. The van der Waals surface area contributed by atoms with E-state index in [0.717, 1.165) is 6.20 Å². The standard InChI is InChI=1S/C16H15ClF3N3O3/c1-9(10(4-11(17)7-24)5-21-8-16(18,19)20)23-6-13-12(15(23)26)2-3-22-14(13)25/h2-5,7,9,21H,6,8H2,1H3,(H,22,25). The van der Waals surface area contributed by atoms with E-state index in [2.05, 4.69) is 10.3 Å². The minimum atomic E-state index is -4.43. The van der Waals surface area contributed by atoms with Crippen LogP contribution in [0.3, 0.4) is 0 Å². The van der Waals surface area contributed by atoms with Crippen molar-refractivity contribution in [1.82, 2.24) is 15.2 Å². The summed E-state index contributed by atoms with van der Waals surface area (Å²) in [6.45, 7) is 0.267. The van der Waals surface area contributed by atoms with E-state index in [1.165, 1.54) is 23.2 Å². The third-order valence-electron chi connectivity index (χ3n) is 3.82. The van der Waals surface area contributed by atoms with Gasteiger partial charge in [0.2, 0.25) is 0 Å². The van der Waals surface area contributed by atoms with Crippen LogP contribution in [0, 0.1) is 0 Å². The Labute approximate surface area is 151 Å². The summed E-state index contributed by atoms with van der Waals surface area (Å²) in [5, 5.41) is 1.86. The van der Waals surface area contributed by atoms with Crippen molar-refractivity contribution in [2.45, 2.75) is 25.7 Å². The number of nitrogens with zero attached hydrogens (tertiary/aromatic N) is 1. The third-order valence-corrected chi connectivity index (χ3v) is 4.02. The number of hydrogen-bond donors (Lipinski definition) is 2. The van der Waals surface area contributed by atoms with E-state index in [9.17, 15) is 27.6 Å². The number of halogens is 4. The van der Waals surface area contributed by atoms with Gasteiger partial charge in [-0.15, -0.1) is 0 Å². The number of amides is 1. The summed E-state index contributed by atoms with van der Waals surface area (Å²) in [5.41, 5.74) is 0.280. The van der Waals surface area contributed by atoms with E-state index in [0.29, 0.717) is 6.29 Å². The molecule has 0 saturated heterocycles. The van der Waals surface area contributed by atoms with Crippen LogP contribution in [0.15, 0.2) is 39.9 Å². The SMILES string of the molecule is CC(C(C=C(Cl)C=O)=CNCC(F)(F)F)N1Cc2c(cc[nH]c2=O)C1=O. The minimum absolute atomic E-state index is 0.00529.